The van der Waals surface area contributed by atoms with Crippen LogP contribution in [0.1, 0.15) is 5.56 Å². The van der Waals surface area contributed by atoms with Gasteiger partial charge in [0.2, 0.25) is 5.91 Å². The van der Waals surface area contributed by atoms with Gasteiger partial charge in [-0.15, -0.1) is 13.2 Å². The number of alkyl halides is 3. The zero-order chi connectivity index (χ0) is 15.3. The first-order valence-corrected chi connectivity index (χ1v) is 6.43. The highest BCUT2D eigenvalue weighted by molar-refractivity contribution is 9.10. The Bertz CT molecular complexity index is 478. The van der Waals surface area contributed by atoms with E-state index in [-0.39, 0.29) is 22.7 Å². The van der Waals surface area contributed by atoms with E-state index in [4.69, 9.17) is 0 Å². The van der Waals surface area contributed by atoms with Gasteiger partial charge in [-0.2, -0.15) is 0 Å². The second-order valence-electron chi connectivity index (χ2n) is 4.20. The molecule has 0 spiro atoms. The van der Waals surface area contributed by atoms with E-state index in [0.29, 0.717) is 6.54 Å². The van der Waals surface area contributed by atoms with Crippen molar-refractivity contribution >= 4 is 21.8 Å². The maximum Gasteiger partial charge on any atom is 0.573 e. The third kappa shape index (κ3) is 5.79. The number of halogens is 4. The summed E-state index contributed by atoms with van der Waals surface area (Å²) >= 11 is 3.02. The summed E-state index contributed by atoms with van der Waals surface area (Å²) in [7, 11) is 3.29. The van der Waals surface area contributed by atoms with Crippen LogP contribution in [0, 0.1) is 0 Å². The maximum atomic E-state index is 12.1. The molecule has 1 amide bonds. The highest BCUT2D eigenvalue weighted by Gasteiger charge is 2.31. The average Bonchev–Trinajstić information content (AvgIpc) is 2.30. The molecule has 0 aliphatic rings. The van der Waals surface area contributed by atoms with Crippen molar-refractivity contribution in [1.82, 2.24) is 10.2 Å². The summed E-state index contributed by atoms with van der Waals surface area (Å²) in [5.41, 5.74) is 0.734. The number of hydrogen-bond donors (Lipinski definition) is 1. The second-order valence-corrected chi connectivity index (χ2v) is 5.06. The number of likely N-dealkylation sites (N-methyl/N-ethyl adjacent to an activating group) is 1. The lowest BCUT2D eigenvalue weighted by atomic mass is 10.2. The second kappa shape index (κ2) is 6.94. The summed E-state index contributed by atoms with van der Waals surface area (Å²) in [6.07, 6.45) is -4.72. The van der Waals surface area contributed by atoms with E-state index in [1.807, 2.05) is 0 Å². The van der Waals surface area contributed by atoms with Crippen molar-refractivity contribution in [2.45, 2.75) is 12.9 Å². The summed E-state index contributed by atoms with van der Waals surface area (Å²) in [4.78, 5) is 12.8. The third-order valence-corrected chi connectivity index (χ3v) is 2.95. The normalized spacial score (nSPS) is 11.3. The van der Waals surface area contributed by atoms with Crippen LogP contribution in [0.2, 0.25) is 0 Å². The van der Waals surface area contributed by atoms with Crippen molar-refractivity contribution in [3.63, 3.8) is 0 Å². The third-order valence-electron chi connectivity index (χ3n) is 2.33. The lowest BCUT2D eigenvalue weighted by Gasteiger charge is -2.13. The molecule has 0 aliphatic carbocycles. The largest absolute Gasteiger partial charge is 0.573 e. The number of rotatable bonds is 5. The summed E-state index contributed by atoms with van der Waals surface area (Å²) in [6.45, 7) is 0.524. The lowest BCUT2D eigenvalue weighted by molar-refractivity contribution is -0.274. The highest BCUT2D eigenvalue weighted by Crippen LogP contribution is 2.30. The van der Waals surface area contributed by atoms with Gasteiger partial charge in [-0.25, -0.2) is 0 Å². The van der Waals surface area contributed by atoms with Gasteiger partial charge in [-0.05, 0) is 33.6 Å². The molecule has 0 aromatic heterocycles. The van der Waals surface area contributed by atoms with Crippen LogP contribution in [-0.2, 0) is 11.3 Å². The van der Waals surface area contributed by atoms with E-state index >= 15 is 0 Å². The minimum absolute atomic E-state index is 0.0823. The van der Waals surface area contributed by atoms with Gasteiger partial charge >= 0.3 is 6.36 Å². The zero-order valence-electron chi connectivity index (χ0n) is 10.9. The first-order chi connectivity index (χ1) is 9.19. The molecule has 4 nitrogen and oxygen atoms in total. The van der Waals surface area contributed by atoms with E-state index < -0.39 is 6.36 Å². The van der Waals surface area contributed by atoms with Crippen LogP contribution in [0.15, 0.2) is 22.7 Å². The fraction of sp³-hybridized carbons (Fsp3) is 0.417. The van der Waals surface area contributed by atoms with Crippen molar-refractivity contribution < 1.29 is 22.7 Å². The van der Waals surface area contributed by atoms with E-state index in [1.165, 1.54) is 23.1 Å². The van der Waals surface area contributed by atoms with Gasteiger partial charge in [-0.1, -0.05) is 6.07 Å². The molecule has 1 aromatic carbocycles. The predicted molar refractivity (Wildman–Crippen MR) is 71.2 cm³/mol. The van der Waals surface area contributed by atoms with E-state index in [1.54, 1.807) is 14.1 Å². The van der Waals surface area contributed by atoms with E-state index in [0.717, 1.165) is 5.56 Å². The molecule has 0 aliphatic heterocycles. The molecule has 0 heterocycles. The molecule has 0 radical (unpaired) electrons. The Morgan fingerprint density at radius 2 is 2.05 bits per heavy atom. The van der Waals surface area contributed by atoms with Crippen LogP contribution >= 0.6 is 15.9 Å². The van der Waals surface area contributed by atoms with Crippen molar-refractivity contribution in [1.29, 1.82) is 0 Å². The van der Waals surface area contributed by atoms with Gasteiger partial charge in [0.25, 0.3) is 0 Å². The Morgan fingerprint density at radius 1 is 1.40 bits per heavy atom. The molecular formula is C12H14BrF3N2O2. The minimum Gasteiger partial charge on any atom is -0.405 e. The molecule has 1 aromatic rings. The summed E-state index contributed by atoms with van der Waals surface area (Å²) in [6, 6.07) is 4.23. The minimum atomic E-state index is -4.72. The maximum absolute atomic E-state index is 12.1. The van der Waals surface area contributed by atoms with Gasteiger partial charge in [-0.3, -0.25) is 4.79 Å². The molecule has 8 heteroatoms. The SMILES string of the molecule is CN(C)C(=O)CNCc1ccc(OC(F)(F)F)c(Br)c1. The Balaban J connectivity index is 2.57. The molecule has 112 valence electrons. The molecule has 0 bridgehead atoms. The number of nitrogens with one attached hydrogen (secondary N) is 1. The molecular weight excluding hydrogens is 341 g/mol. The average molecular weight is 355 g/mol. The quantitative estimate of drug-likeness (QED) is 0.883. The van der Waals surface area contributed by atoms with Crippen molar-refractivity contribution in [2.75, 3.05) is 20.6 Å². The van der Waals surface area contributed by atoms with Crippen LogP contribution in [0.3, 0.4) is 0 Å². The molecule has 0 fully saturated rings. The molecule has 0 saturated heterocycles. The van der Waals surface area contributed by atoms with E-state index in [9.17, 15) is 18.0 Å². The highest BCUT2D eigenvalue weighted by atomic mass is 79.9. The van der Waals surface area contributed by atoms with Gasteiger partial charge in [0.1, 0.15) is 5.75 Å². The first-order valence-electron chi connectivity index (χ1n) is 5.64. The number of nitrogens with zero attached hydrogens (tertiary/aromatic N) is 1. The van der Waals surface area contributed by atoms with Crippen LogP contribution in [0.5, 0.6) is 5.75 Å². The van der Waals surface area contributed by atoms with Gasteiger partial charge in [0.05, 0.1) is 11.0 Å². The molecule has 1 N–H and O–H groups in total. The zero-order valence-corrected chi connectivity index (χ0v) is 12.5. The fourth-order valence-electron chi connectivity index (χ4n) is 1.33. The molecule has 20 heavy (non-hydrogen) atoms. The summed E-state index contributed by atoms with van der Waals surface area (Å²) in [5, 5.41) is 2.90. The number of carbonyl (C=O) groups excluding carboxylic acids is 1. The standard InChI is InChI=1S/C12H14BrF3N2O2/c1-18(2)11(19)7-17-6-8-3-4-10(9(13)5-8)20-12(14,15)16/h3-5,17H,6-7H2,1-2H3. The Labute approximate surface area is 123 Å². The molecule has 1 rings (SSSR count). The number of carbonyl (C=O) groups is 1. The predicted octanol–water partition coefficient (Wildman–Crippen LogP) is 2.53. The van der Waals surface area contributed by atoms with Crippen molar-refractivity contribution in [2.24, 2.45) is 0 Å². The smallest absolute Gasteiger partial charge is 0.405 e. The fourth-order valence-corrected chi connectivity index (χ4v) is 1.84. The monoisotopic (exact) mass is 354 g/mol. The van der Waals surface area contributed by atoms with Gasteiger partial charge < -0.3 is 15.0 Å². The van der Waals surface area contributed by atoms with E-state index in [2.05, 4.69) is 26.0 Å². The van der Waals surface area contributed by atoms with Crippen molar-refractivity contribution in [3.05, 3.63) is 28.2 Å². The van der Waals surface area contributed by atoms with Crippen LogP contribution < -0.4 is 10.1 Å². The Morgan fingerprint density at radius 3 is 2.55 bits per heavy atom. The summed E-state index contributed by atoms with van der Waals surface area (Å²) in [5.74, 6) is -0.383. The van der Waals surface area contributed by atoms with Crippen LogP contribution in [0.4, 0.5) is 13.2 Å². The number of benzene rings is 1. The van der Waals surface area contributed by atoms with Gasteiger partial charge in [0.15, 0.2) is 0 Å². The lowest BCUT2D eigenvalue weighted by Crippen LogP contribution is -2.32. The first kappa shape index (κ1) is 16.8. The van der Waals surface area contributed by atoms with Crippen molar-refractivity contribution in [3.8, 4) is 5.75 Å². The number of amides is 1. The Kier molecular flexibility index (Phi) is 5.82. The van der Waals surface area contributed by atoms with Gasteiger partial charge in [0, 0.05) is 20.6 Å². The number of ether oxygens (including phenoxy) is 1. The molecule has 0 unspecified atom stereocenters. The topological polar surface area (TPSA) is 41.6 Å². The molecule has 0 saturated carbocycles. The Hall–Kier alpha value is -1.28. The molecule has 0 atom stereocenters. The van der Waals surface area contributed by atoms with Crippen LogP contribution in [0.25, 0.3) is 0 Å². The number of hydrogen-bond acceptors (Lipinski definition) is 3. The van der Waals surface area contributed by atoms with Crippen LogP contribution in [-0.4, -0.2) is 37.8 Å². The summed E-state index contributed by atoms with van der Waals surface area (Å²) < 4.78 is 40.3.